The Kier molecular flexibility index (Phi) is 8.77. The maximum Gasteiger partial charge on any atom is 0.416 e. The molecule has 0 radical (unpaired) electrons. The zero-order valence-corrected chi connectivity index (χ0v) is 22.1. The number of alkyl halides is 3. The molecule has 2 aromatic carbocycles. The summed E-state index contributed by atoms with van der Waals surface area (Å²) >= 11 is 0. The molecule has 4 rings (SSSR count). The van der Waals surface area contributed by atoms with Crippen LogP contribution in [0.1, 0.15) is 41.4 Å². The molecule has 0 aliphatic carbocycles. The van der Waals surface area contributed by atoms with E-state index < -0.39 is 35.6 Å². The Bertz CT molecular complexity index is 1290. The molecule has 2 heterocycles. The van der Waals surface area contributed by atoms with Crippen LogP contribution in [0.25, 0.3) is 0 Å². The normalized spacial score (nSPS) is 18.6. The van der Waals surface area contributed by atoms with Crippen LogP contribution in [0.4, 0.5) is 22.4 Å². The molecule has 0 aromatic heterocycles. The van der Waals surface area contributed by atoms with Crippen LogP contribution in [-0.2, 0) is 15.7 Å². The van der Waals surface area contributed by atoms with Gasteiger partial charge >= 0.3 is 18.2 Å². The van der Waals surface area contributed by atoms with Crippen LogP contribution in [-0.4, -0.2) is 78.5 Å². The number of ether oxygens (including phenoxy) is 1. The highest BCUT2D eigenvalue weighted by atomic mass is 19.4. The van der Waals surface area contributed by atoms with E-state index in [-0.39, 0.29) is 36.7 Å². The fraction of sp³-hybridized carbons (Fsp3) is 0.393. The van der Waals surface area contributed by atoms with Gasteiger partial charge in [-0.25, -0.2) is 14.0 Å². The lowest BCUT2D eigenvalue weighted by Gasteiger charge is -2.40. The average Bonchev–Trinajstić information content (AvgIpc) is 2.92. The summed E-state index contributed by atoms with van der Waals surface area (Å²) in [6.07, 6.45) is -4.53. The molecular weight excluding hydrogens is 532 g/mol. The molecular formula is C28H30F4N4O4. The molecule has 0 saturated carbocycles. The molecule has 12 heteroatoms. The standard InChI is InChI=1S/C28H30F4N4O4/c1-3-36-22(17-34-12-14-35(15-13-34)25(37)19-6-5-7-21(29)16-19)23(26(38)40-4-2)24(33-27(36)39)18-8-10-20(11-9-18)28(30,31)32/h5-11,16,24H,3-4,12-15,17H2,1-2H3,(H,33,39)/t24-/m0/s1. The molecule has 0 bridgehead atoms. The van der Waals surface area contributed by atoms with Crippen molar-refractivity contribution in [3.63, 3.8) is 0 Å². The maximum atomic E-state index is 13.6. The molecule has 214 valence electrons. The summed E-state index contributed by atoms with van der Waals surface area (Å²) in [5, 5.41) is 2.74. The van der Waals surface area contributed by atoms with Crippen molar-refractivity contribution < 1.29 is 36.7 Å². The van der Waals surface area contributed by atoms with E-state index in [9.17, 15) is 31.9 Å². The molecule has 2 aromatic rings. The fourth-order valence-corrected chi connectivity index (χ4v) is 4.90. The summed E-state index contributed by atoms with van der Waals surface area (Å²) in [4.78, 5) is 44.1. The molecule has 40 heavy (non-hydrogen) atoms. The second-order valence-electron chi connectivity index (χ2n) is 9.41. The SMILES string of the molecule is CCOC(=O)C1=C(CN2CCN(C(=O)c3cccc(F)c3)CC2)N(CC)C(=O)N[C@H]1c1ccc(C(F)(F)F)cc1. The van der Waals surface area contributed by atoms with Crippen molar-refractivity contribution >= 4 is 17.9 Å². The zero-order valence-electron chi connectivity index (χ0n) is 22.1. The molecule has 1 atom stereocenters. The third kappa shape index (κ3) is 6.27. The van der Waals surface area contributed by atoms with Crippen molar-refractivity contribution in [3.05, 3.63) is 82.3 Å². The van der Waals surface area contributed by atoms with E-state index in [1.54, 1.807) is 24.8 Å². The number of amides is 3. The number of piperazine rings is 1. The molecule has 2 aliphatic rings. The van der Waals surface area contributed by atoms with E-state index in [4.69, 9.17) is 4.74 Å². The number of carbonyl (C=O) groups is 3. The van der Waals surface area contributed by atoms with Crippen molar-refractivity contribution in [1.29, 1.82) is 0 Å². The highest BCUT2D eigenvalue weighted by molar-refractivity contribution is 5.95. The lowest BCUT2D eigenvalue weighted by Crippen LogP contribution is -2.53. The number of esters is 1. The Morgan fingerprint density at radius 1 is 1.02 bits per heavy atom. The van der Waals surface area contributed by atoms with Gasteiger partial charge < -0.3 is 15.0 Å². The van der Waals surface area contributed by atoms with Crippen molar-refractivity contribution in [2.24, 2.45) is 0 Å². The minimum Gasteiger partial charge on any atom is -0.463 e. The Hall–Kier alpha value is -3.93. The summed E-state index contributed by atoms with van der Waals surface area (Å²) in [7, 11) is 0. The number of nitrogens with one attached hydrogen (secondary N) is 1. The first-order valence-electron chi connectivity index (χ1n) is 13.0. The minimum atomic E-state index is -4.53. The van der Waals surface area contributed by atoms with Crippen LogP contribution in [0, 0.1) is 5.82 Å². The number of hydrogen-bond acceptors (Lipinski definition) is 5. The molecule has 1 saturated heterocycles. The zero-order chi connectivity index (χ0) is 29.0. The summed E-state index contributed by atoms with van der Waals surface area (Å²) in [5.74, 6) is -1.47. The Morgan fingerprint density at radius 2 is 1.70 bits per heavy atom. The third-order valence-electron chi connectivity index (χ3n) is 6.93. The van der Waals surface area contributed by atoms with Gasteiger partial charge in [-0.15, -0.1) is 0 Å². The van der Waals surface area contributed by atoms with E-state index in [2.05, 4.69) is 5.32 Å². The van der Waals surface area contributed by atoms with Gasteiger partial charge in [-0.05, 0) is 49.7 Å². The Morgan fingerprint density at radius 3 is 2.27 bits per heavy atom. The summed E-state index contributed by atoms with van der Waals surface area (Å²) in [6, 6.07) is 8.27. The van der Waals surface area contributed by atoms with Gasteiger partial charge in [0.2, 0.25) is 0 Å². The number of halogens is 4. The lowest BCUT2D eigenvalue weighted by atomic mass is 9.93. The van der Waals surface area contributed by atoms with Gasteiger partial charge in [0, 0.05) is 50.5 Å². The lowest BCUT2D eigenvalue weighted by molar-refractivity contribution is -0.139. The Labute approximate surface area is 229 Å². The third-order valence-corrected chi connectivity index (χ3v) is 6.93. The number of rotatable bonds is 7. The molecule has 2 aliphatic heterocycles. The van der Waals surface area contributed by atoms with Crippen molar-refractivity contribution in [3.8, 4) is 0 Å². The van der Waals surface area contributed by atoms with Gasteiger partial charge in [0.05, 0.1) is 23.8 Å². The van der Waals surface area contributed by atoms with Crippen LogP contribution in [0.15, 0.2) is 59.8 Å². The van der Waals surface area contributed by atoms with Crippen molar-refractivity contribution in [2.75, 3.05) is 45.9 Å². The maximum absolute atomic E-state index is 13.6. The van der Waals surface area contributed by atoms with Crippen LogP contribution < -0.4 is 5.32 Å². The first kappa shape index (κ1) is 29.1. The first-order valence-corrected chi connectivity index (χ1v) is 13.0. The fourth-order valence-electron chi connectivity index (χ4n) is 4.90. The monoisotopic (exact) mass is 562 g/mol. The average molecular weight is 563 g/mol. The van der Waals surface area contributed by atoms with E-state index in [1.807, 2.05) is 4.90 Å². The highest BCUT2D eigenvalue weighted by Gasteiger charge is 2.39. The predicted octanol–water partition coefficient (Wildman–Crippen LogP) is 4.21. The van der Waals surface area contributed by atoms with E-state index in [1.165, 1.54) is 35.2 Å². The largest absolute Gasteiger partial charge is 0.463 e. The molecule has 1 N–H and O–H groups in total. The number of likely N-dealkylation sites (N-methyl/N-ethyl adjacent to an activating group) is 1. The van der Waals surface area contributed by atoms with Gasteiger partial charge in [-0.2, -0.15) is 13.2 Å². The molecule has 0 spiro atoms. The van der Waals surface area contributed by atoms with Crippen molar-refractivity contribution in [1.82, 2.24) is 20.0 Å². The van der Waals surface area contributed by atoms with Crippen molar-refractivity contribution in [2.45, 2.75) is 26.1 Å². The number of urea groups is 1. The molecule has 8 nitrogen and oxygen atoms in total. The first-order chi connectivity index (χ1) is 19.0. The number of nitrogens with zero attached hydrogens (tertiary/aromatic N) is 3. The van der Waals surface area contributed by atoms with Crippen LogP contribution in [0.2, 0.25) is 0 Å². The van der Waals surface area contributed by atoms with E-state index >= 15 is 0 Å². The quantitative estimate of drug-likeness (QED) is 0.404. The Balaban J connectivity index is 1.61. The number of hydrogen-bond donors (Lipinski definition) is 1. The van der Waals surface area contributed by atoms with Gasteiger partial charge in [0.15, 0.2) is 0 Å². The summed E-state index contributed by atoms with van der Waals surface area (Å²) in [5.41, 5.74) is 0.242. The van der Waals surface area contributed by atoms with Crippen LogP contribution >= 0.6 is 0 Å². The van der Waals surface area contributed by atoms with Gasteiger partial charge in [0.1, 0.15) is 5.82 Å². The van der Waals surface area contributed by atoms with E-state index in [0.717, 1.165) is 12.1 Å². The van der Waals surface area contributed by atoms with Gasteiger partial charge in [0.25, 0.3) is 5.91 Å². The molecule has 0 unspecified atom stereocenters. The predicted molar refractivity (Wildman–Crippen MR) is 137 cm³/mol. The number of carbonyl (C=O) groups excluding carboxylic acids is 3. The second kappa shape index (κ2) is 12.1. The second-order valence-corrected chi connectivity index (χ2v) is 9.41. The van der Waals surface area contributed by atoms with Crippen LogP contribution in [0.3, 0.4) is 0 Å². The topological polar surface area (TPSA) is 82.2 Å². The summed E-state index contributed by atoms with van der Waals surface area (Å²) in [6.45, 7) is 5.40. The van der Waals surface area contributed by atoms with Gasteiger partial charge in [-0.1, -0.05) is 18.2 Å². The molecule has 1 fully saturated rings. The molecule has 3 amide bonds. The number of benzene rings is 2. The highest BCUT2D eigenvalue weighted by Crippen LogP contribution is 2.35. The van der Waals surface area contributed by atoms with Crippen LogP contribution in [0.5, 0.6) is 0 Å². The van der Waals surface area contributed by atoms with Gasteiger partial charge in [-0.3, -0.25) is 14.6 Å². The smallest absolute Gasteiger partial charge is 0.416 e. The minimum absolute atomic E-state index is 0.0658. The van der Waals surface area contributed by atoms with E-state index in [0.29, 0.717) is 37.4 Å². The summed E-state index contributed by atoms with van der Waals surface area (Å²) < 4.78 is 58.3.